The lowest BCUT2D eigenvalue weighted by atomic mass is 9.97. The number of likely N-dealkylation sites (tertiary alicyclic amines) is 1. The van der Waals surface area contributed by atoms with E-state index in [9.17, 15) is 18.0 Å². The van der Waals surface area contributed by atoms with Crippen LogP contribution in [0.3, 0.4) is 0 Å². The molecular formula is C21H22F3N5O. The number of benzene rings is 2. The lowest BCUT2D eigenvalue weighted by Crippen LogP contribution is -2.46. The number of piperidine rings is 1. The summed E-state index contributed by atoms with van der Waals surface area (Å²) in [5, 5.41) is 5.53. The Bertz CT molecular complexity index is 998. The van der Waals surface area contributed by atoms with Crippen molar-refractivity contribution in [2.45, 2.75) is 31.1 Å². The standard InChI is InChI=1S/C21H22F3N5O/c1-29-11-10-15(12-18(29)19-27-16-4-2-3-5-17(16)28-19)26-20(30)25-14-8-6-13(7-9-14)21(22,23)24/h2-9,15,18H,10-12H2,1H3,(H,27,28)(H2,25,26,30). The van der Waals surface area contributed by atoms with Crippen LogP contribution in [0.4, 0.5) is 23.7 Å². The smallest absolute Gasteiger partial charge is 0.341 e. The minimum Gasteiger partial charge on any atom is -0.341 e. The number of anilines is 1. The van der Waals surface area contributed by atoms with E-state index in [4.69, 9.17) is 0 Å². The molecule has 1 saturated heterocycles. The monoisotopic (exact) mass is 417 g/mol. The fraction of sp³-hybridized carbons (Fsp3) is 0.333. The van der Waals surface area contributed by atoms with Crippen molar-refractivity contribution < 1.29 is 18.0 Å². The third-order valence-corrected chi connectivity index (χ3v) is 5.40. The van der Waals surface area contributed by atoms with Crippen molar-refractivity contribution in [2.24, 2.45) is 0 Å². The summed E-state index contributed by atoms with van der Waals surface area (Å²) < 4.78 is 38.0. The van der Waals surface area contributed by atoms with Crippen LogP contribution in [0.25, 0.3) is 11.0 Å². The molecule has 2 aromatic carbocycles. The van der Waals surface area contributed by atoms with Crippen LogP contribution in [-0.2, 0) is 6.18 Å². The molecule has 0 radical (unpaired) electrons. The van der Waals surface area contributed by atoms with Crippen LogP contribution in [0.15, 0.2) is 48.5 Å². The van der Waals surface area contributed by atoms with Gasteiger partial charge in [-0.2, -0.15) is 13.2 Å². The van der Waals surface area contributed by atoms with Crippen LogP contribution in [0.2, 0.25) is 0 Å². The van der Waals surface area contributed by atoms with Gasteiger partial charge in [-0.25, -0.2) is 9.78 Å². The summed E-state index contributed by atoms with van der Waals surface area (Å²) in [6, 6.07) is 11.7. The lowest BCUT2D eigenvalue weighted by molar-refractivity contribution is -0.137. The first-order chi connectivity index (χ1) is 14.3. The Hall–Kier alpha value is -3.07. The highest BCUT2D eigenvalue weighted by molar-refractivity contribution is 5.89. The van der Waals surface area contributed by atoms with Crippen molar-refractivity contribution in [1.82, 2.24) is 20.2 Å². The molecule has 0 bridgehead atoms. The van der Waals surface area contributed by atoms with Crippen molar-refractivity contribution in [3.05, 3.63) is 59.9 Å². The minimum absolute atomic E-state index is 0.0301. The molecule has 6 nitrogen and oxygen atoms in total. The Labute approximate surface area is 171 Å². The highest BCUT2D eigenvalue weighted by Crippen LogP contribution is 2.31. The van der Waals surface area contributed by atoms with Gasteiger partial charge < -0.3 is 15.6 Å². The molecule has 0 spiro atoms. The number of hydrogen-bond acceptors (Lipinski definition) is 3. The number of nitrogens with zero attached hydrogens (tertiary/aromatic N) is 2. The van der Waals surface area contributed by atoms with Gasteiger partial charge in [0.2, 0.25) is 0 Å². The molecule has 3 aromatic rings. The number of aromatic amines is 1. The number of imidazole rings is 1. The van der Waals surface area contributed by atoms with Crippen LogP contribution in [0.5, 0.6) is 0 Å². The van der Waals surface area contributed by atoms with Crippen LogP contribution >= 0.6 is 0 Å². The van der Waals surface area contributed by atoms with Gasteiger partial charge in [0.15, 0.2) is 0 Å². The zero-order valence-electron chi connectivity index (χ0n) is 16.3. The van der Waals surface area contributed by atoms with Gasteiger partial charge in [0.25, 0.3) is 0 Å². The summed E-state index contributed by atoms with van der Waals surface area (Å²) in [6.07, 6.45) is -2.95. The van der Waals surface area contributed by atoms with Gasteiger partial charge in [-0.1, -0.05) is 12.1 Å². The molecule has 2 amide bonds. The Morgan fingerprint density at radius 2 is 1.90 bits per heavy atom. The largest absolute Gasteiger partial charge is 0.416 e. The first-order valence-corrected chi connectivity index (χ1v) is 9.69. The molecule has 9 heteroatoms. The molecule has 0 saturated carbocycles. The fourth-order valence-electron chi connectivity index (χ4n) is 3.76. The van der Waals surface area contributed by atoms with Crippen LogP contribution in [0, 0.1) is 0 Å². The molecule has 1 fully saturated rings. The molecule has 1 aromatic heterocycles. The van der Waals surface area contributed by atoms with E-state index in [0.29, 0.717) is 12.1 Å². The van der Waals surface area contributed by atoms with Crippen LogP contribution in [-0.4, -0.2) is 40.5 Å². The molecule has 30 heavy (non-hydrogen) atoms. The second kappa shape index (κ2) is 7.98. The maximum Gasteiger partial charge on any atom is 0.416 e. The second-order valence-corrected chi connectivity index (χ2v) is 7.53. The van der Waals surface area contributed by atoms with Crippen LogP contribution in [0.1, 0.15) is 30.3 Å². The van der Waals surface area contributed by atoms with Gasteiger partial charge in [0, 0.05) is 18.3 Å². The molecule has 1 aliphatic heterocycles. The van der Waals surface area contributed by atoms with Crippen molar-refractivity contribution in [3.8, 4) is 0 Å². The number of H-pyrrole nitrogens is 1. The third kappa shape index (κ3) is 4.40. The number of carbonyl (C=O) groups excluding carboxylic acids is 1. The molecule has 158 valence electrons. The fourth-order valence-corrected chi connectivity index (χ4v) is 3.76. The van der Waals surface area contributed by atoms with E-state index < -0.39 is 17.8 Å². The van der Waals surface area contributed by atoms with E-state index >= 15 is 0 Å². The molecular weight excluding hydrogens is 395 g/mol. The first-order valence-electron chi connectivity index (χ1n) is 9.69. The van der Waals surface area contributed by atoms with E-state index in [1.807, 2.05) is 31.3 Å². The van der Waals surface area contributed by atoms with Gasteiger partial charge >= 0.3 is 12.2 Å². The quantitative estimate of drug-likeness (QED) is 0.586. The number of amides is 2. The lowest BCUT2D eigenvalue weighted by Gasteiger charge is -2.36. The second-order valence-electron chi connectivity index (χ2n) is 7.53. The minimum atomic E-state index is -4.40. The zero-order chi connectivity index (χ0) is 21.3. The molecule has 4 rings (SSSR count). The Morgan fingerprint density at radius 3 is 2.60 bits per heavy atom. The Morgan fingerprint density at radius 1 is 1.17 bits per heavy atom. The van der Waals surface area contributed by atoms with Crippen molar-refractivity contribution in [2.75, 3.05) is 18.9 Å². The highest BCUT2D eigenvalue weighted by Gasteiger charge is 2.31. The number of alkyl halides is 3. The third-order valence-electron chi connectivity index (χ3n) is 5.40. The predicted octanol–water partition coefficient (Wildman–Crippen LogP) is 4.54. The van der Waals surface area contributed by atoms with E-state index in [-0.39, 0.29) is 12.1 Å². The number of halogens is 3. The number of fused-ring (bicyclic) bond motifs is 1. The zero-order valence-corrected chi connectivity index (χ0v) is 16.3. The molecule has 0 aliphatic carbocycles. The van der Waals surface area contributed by atoms with Crippen molar-refractivity contribution in [1.29, 1.82) is 0 Å². The van der Waals surface area contributed by atoms with E-state index in [2.05, 4.69) is 25.5 Å². The van der Waals surface area contributed by atoms with Crippen molar-refractivity contribution >= 4 is 22.8 Å². The summed E-state index contributed by atoms with van der Waals surface area (Å²) in [7, 11) is 2.02. The first kappa shape index (κ1) is 20.2. The maximum atomic E-state index is 12.7. The van der Waals surface area contributed by atoms with Gasteiger partial charge in [0.1, 0.15) is 5.82 Å². The number of aromatic nitrogens is 2. The number of carbonyl (C=O) groups is 1. The Balaban J connectivity index is 1.39. The van der Waals surface area contributed by atoms with Gasteiger partial charge in [-0.05, 0) is 56.3 Å². The SMILES string of the molecule is CN1CCC(NC(=O)Nc2ccc(C(F)(F)F)cc2)CC1c1nc2ccccc2[nH]1. The number of urea groups is 1. The van der Waals surface area contributed by atoms with Crippen molar-refractivity contribution in [3.63, 3.8) is 0 Å². The average molecular weight is 417 g/mol. The topological polar surface area (TPSA) is 73.1 Å². The van der Waals surface area contributed by atoms with Crippen LogP contribution < -0.4 is 10.6 Å². The predicted molar refractivity (Wildman–Crippen MR) is 108 cm³/mol. The van der Waals surface area contributed by atoms with E-state index in [1.165, 1.54) is 12.1 Å². The highest BCUT2D eigenvalue weighted by atomic mass is 19.4. The summed E-state index contributed by atoms with van der Waals surface area (Å²) in [4.78, 5) is 22.6. The molecule has 2 unspecified atom stereocenters. The molecule has 2 heterocycles. The normalized spacial score (nSPS) is 20.3. The van der Waals surface area contributed by atoms with Gasteiger partial charge in [-0.15, -0.1) is 0 Å². The molecule has 1 aliphatic rings. The number of para-hydroxylation sites is 2. The van der Waals surface area contributed by atoms with Gasteiger partial charge in [-0.3, -0.25) is 4.90 Å². The summed E-state index contributed by atoms with van der Waals surface area (Å²) in [6.45, 7) is 0.785. The van der Waals surface area contributed by atoms with Gasteiger partial charge in [0.05, 0.1) is 22.6 Å². The molecule has 2 atom stereocenters. The number of nitrogens with one attached hydrogen (secondary N) is 3. The van der Waals surface area contributed by atoms with E-state index in [0.717, 1.165) is 42.0 Å². The maximum absolute atomic E-state index is 12.7. The Kier molecular flexibility index (Phi) is 5.38. The number of rotatable bonds is 3. The van der Waals surface area contributed by atoms with E-state index in [1.54, 1.807) is 0 Å². The summed E-state index contributed by atoms with van der Waals surface area (Å²) in [5.41, 5.74) is 1.42. The number of hydrogen-bond donors (Lipinski definition) is 3. The molecule has 3 N–H and O–H groups in total. The summed E-state index contributed by atoms with van der Waals surface area (Å²) >= 11 is 0. The summed E-state index contributed by atoms with van der Waals surface area (Å²) in [5.74, 6) is 0.855. The average Bonchev–Trinajstić information content (AvgIpc) is 3.13.